The molecule has 0 spiro atoms. The molecule has 0 saturated carbocycles. The van der Waals surface area contributed by atoms with Crippen molar-refractivity contribution in [2.45, 2.75) is 11.8 Å². The number of carbonyl (C=O) groups excluding carboxylic acids is 1. The van der Waals surface area contributed by atoms with Crippen molar-refractivity contribution >= 4 is 22.0 Å². The number of hydrogen-bond donors (Lipinski definition) is 0. The molecule has 8 heteroatoms. The fourth-order valence-corrected chi connectivity index (χ4v) is 2.89. The van der Waals surface area contributed by atoms with Crippen molar-refractivity contribution in [3.05, 3.63) is 34.4 Å². The minimum Gasteiger partial charge on any atom is -0.302 e. The number of benzene rings is 1. The Morgan fingerprint density at radius 1 is 1.40 bits per heavy atom. The van der Waals surface area contributed by atoms with Crippen molar-refractivity contribution in [1.29, 1.82) is 0 Å². The van der Waals surface area contributed by atoms with Gasteiger partial charge in [-0.05, 0) is 13.0 Å². The average Bonchev–Trinajstić information content (AvgIpc) is 2.43. The molecule has 0 aliphatic rings. The summed E-state index contributed by atoms with van der Waals surface area (Å²) in [5, 5.41) is 10.9. The van der Waals surface area contributed by atoms with E-state index in [1.54, 1.807) is 0 Å². The Kier molecular flexibility index (Phi) is 5.37. The summed E-state index contributed by atoms with van der Waals surface area (Å²) in [5.74, 6) is 5.04. The van der Waals surface area contributed by atoms with E-state index >= 15 is 0 Å². The second kappa shape index (κ2) is 6.79. The molecule has 7 nitrogen and oxygen atoms in total. The number of para-hydroxylation sites is 1. The number of nitro benzene ring substituents is 1. The van der Waals surface area contributed by atoms with Gasteiger partial charge in [-0.2, -0.15) is 4.31 Å². The third-order valence-electron chi connectivity index (χ3n) is 2.39. The van der Waals surface area contributed by atoms with Gasteiger partial charge in [-0.1, -0.05) is 18.1 Å². The lowest BCUT2D eigenvalue weighted by atomic mass is 10.3. The van der Waals surface area contributed by atoms with Crippen LogP contribution in [0.15, 0.2) is 29.2 Å². The van der Waals surface area contributed by atoms with Gasteiger partial charge in [0.1, 0.15) is 6.29 Å². The maximum Gasteiger partial charge on any atom is 0.289 e. The molecular formula is C12H12N2O5S. The van der Waals surface area contributed by atoms with E-state index in [1.165, 1.54) is 19.1 Å². The Hall–Kier alpha value is -2.24. The van der Waals surface area contributed by atoms with Crippen LogP contribution in [0.5, 0.6) is 0 Å². The molecule has 20 heavy (non-hydrogen) atoms. The summed E-state index contributed by atoms with van der Waals surface area (Å²) in [6.45, 7) is 0.906. The van der Waals surface area contributed by atoms with Crippen LogP contribution in [0.25, 0.3) is 0 Å². The van der Waals surface area contributed by atoms with Gasteiger partial charge in [0, 0.05) is 6.07 Å². The summed E-state index contributed by atoms with van der Waals surface area (Å²) in [4.78, 5) is 20.2. The number of nitro groups is 1. The van der Waals surface area contributed by atoms with E-state index in [0.717, 1.165) is 16.4 Å². The van der Waals surface area contributed by atoms with Crippen LogP contribution in [0, 0.1) is 22.0 Å². The minimum absolute atomic E-state index is 0.205. The molecule has 0 radical (unpaired) electrons. The molecule has 0 heterocycles. The third kappa shape index (κ3) is 3.40. The van der Waals surface area contributed by atoms with E-state index in [2.05, 4.69) is 11.8 Å². The first-order chi connectivity index (χ1) is 9.45. The summed E-state index contributed by atoms with van der Waals surface area (Å²) in [6.07, 6.45) is 0.406. The Labute approximate surface area is 116 Å². The van der Waals surface area contributed by atoms with Crippen LogP contribution >= 0.6 is 0 Å². The van der Waals surface area contributed by atoms with Gasteiger partial charge in [0.2, 0.25) is 0 Å². The van der Waals surface area contributed by atoms with Gasteiger partial charge in [-0.15, -0.1) is 5.92 Å². The predicted octanol–water partition coefficient (Wildman–Crippen LogP) is 0.808. The van der Waals surface area contributed by atoms with Crippen LogP contribution < -0.4 is 0 Å². The Morgan fingerprint density at radius 2 is 2.05 bits per heavy atom. The topological polar surface area (TPSA) is 97.6 Å². The van der Waals surface area contributed by atoms with Crippen molar-refractivity contribution in [3.63, 3.8) is 0 Å². The van der Waals surface area contributed by atoms with E-state index in [-0.39, 0.29) is 6.54 Å². The molecule has 0 unspecified atom stereocenters. The maximum absolute atomic E-state index is 12.3. The molecule has 0 aliphatic heterocycles. The van der Waals surface area contributed by atoms with E-state index in [4.69, 9.17) is 0 Å². The lowest BCUT2D eigenvalue weighted by Gasteiger charge is -2.16. The molecule has 0 aliphatic carbocycles. The lowest BCUT2D eigenvalue weighted by molar-refractivity contribution is -0.387. The van der Waals surface area contributed by atoms with E-state index < -0.39 is 32.1 Å². The van der Waals surface area contributed by atoms with Gasteiger partial charge < -0.3 is 4.79 Å². The molecule has 1 rings (SSSR count). The second-order valence-corrected chi connectivity index (χ2v) is 5.52. The Balaban J connectivity index is 3.35. The molecule has 0 bridgehead atoms. The van der Waals surface area contributed by atoms with Crippen LogP contribution in [0.3, 0.4) is 0 Å². The van der Waals surface area contributed by atoms with Crippen molar-refractivity contribution in [2.75, 3.05) is 13.1 Å². The number of nitrogens with zero attached hydrogens (tertiary/aromatic N) is 2. The van der Waals surface area contributed by atoms with Gasteiger partial charge in [0.05, 0.1) is 18.0 Å². The fraction of sp³-hybridized carbons (Fsp3) is 0.250. The lowest BCUT2D eigenvalue weighted by Crippen LogP contribution is -2.33. The number of hydrogen-bond acceptors (Lipinski definition) is 5. The molecule has 0 amide bonds. The Bertz CT molecular complexity index is 673. The zero-order valence-electron chi connectivity index (χ0n) is 10.6. The summed E-state index contributed by atoms with van der Waals surface area (Å²) < 4.78 is 25.5. The molecule has 0 N–H and O–H groups in total. The fourth-order valence-electron chi connectivity index (χ4n) is 1.46. The highest BCUT2D eigenvalue weighted by Crippen LogP contribution is 2.25. The summed E-state index contributed by atoms with van der Waals surface area (Å²) in [7, 11) is -4.15. The van der Waals surface area contributed by atoms with Gasteiger partial charge in [0.15, 0.2) is 4.90 Å². The van der Waals surface area contributed by atoms with E-state index in [9.17, 15) is 23.3 Å². The average molecular weight is 296 g/mol. The van der Waals surface area contributed by atoms with Gasteiger partial charge >= 0.3 is 0 Å². The third-order valence-corrected chi connectivity index (χ3v) is 4.25. The minimum atomic E-state index is -4.15. The van der Waals surface area contributed by atoms with Crippen molar-refractivity contribution < 1.29 is 18.1 Å². The number of sulfonamides is 1. The van der Waals surface area contributed by atoms with Gasteiger partial charge in [-0.25, -0.2) is 8.42 Å². The largest absolute Gasteiger partial charge is 0.302 e. The number of carbonyl (C=O) groups is 1. The van der Waals surface area contributed by atoms with E-state index in [1.807, 2.05) is 0 Å². The first-order valence-electron chi connectivity index (χ1n) is 5.52. The van der Waals surface area contributed by atoms with Crippen LogP contribution in [0.4, 0.5) is 5.69 Å². The SMILES string of the molecule is CC#CCN(CC=O)S(=O)(=O)c1ccccc1[N+](=O)[O-]. The zero-order valence-corrected chi connectivity index (χ0v) is 11.5. The normalized spacial score (nSPS) is 10.7. The monoisotopic (exact) mass is 296 g/mol. The molecule has 0 saturated heterocycles. The molecular weight excluding hydrogens is 284 g/mol. The highest BCUT2D eigenvalue weighted by Gasteiger charge is 2.30. The van der Waals surface area contributed by atoms with Gasteiger partial charge in [-0.3, -0.25) is 10.1 Å². The molecule has 0 fully saturated rings. The molecule has 1 aromatic carbocycles. The first kappa shape index (κ1) is 15.8. The smallest absolute Gasteiger partial charge is 0.289 e. The summed E-state index contributed by atoms with van der Waals surface area (Å²) >= 11 is 0. The second-order valence-electron chi connectivity index (χ2n) is 3.62. The van der Waals surface area contributed by atoms with Crippen LogP contribution in [-0.2, 0) is 14.8 Å². The van der Waals surface area contributed by atoms with Crippen LogP contribution in [0.1, 0.15) is 6.92 Å². The molecule has 106 valence electrons. The zero-order chi connectivity index (χ0) is 15.2. The Morgan fingerprint density at radius 3 is 2.60 bits per heavy atom. The van der Waals surface area contributed by atoms with E-state index in [0.29, 0.717) is 6.29 Å². The van der Waals surface area contributed by atoms with Crippen LogP contribution in [0.2, 0.25) is 0 Å². The summed E-state index contributed by atoms with van der Waals surface area (Å²) in [5.41, 5.74) is -0.534. The maximum atomic E-state index is 12.3. The highest BCUT2D eigenvalue weighted by molar-refractivity contribution is 7.89. The quantitative estimate of drug-likeness (QED) is 0.335. The van der Waals surface area contributed by atoms with Crippen LogP contribution in [-0.4, -0.2) is 37.0 Å². The van der Waals surface area contributed by atoms with Crippen molar-refractivity contribution in [3.8, 4) is 11.8 Å². The van der Waals surface area contributed by atoms with Gasteiger partial charge in [0.25, 0.3) is 15.7 Å². The highest BCUT2D eigenvalue weighted by atomic mass is 32.2. The van der Waals surface area contributed by atoms with Crippen molar-refractivity contribution in [2.24, 2.45) is 0 Å². The molecule has 1 aromatic rings. The van der Waals surface area contributed by atoms with Crippen molar-refractivity contribution in [1.82, 2.24) is 4.31 Å². The predicted molar refractivity (Wildman–Crippen MR) is 71.4 cm³/mol. The standard InChI is InChI=1S/C12H12N2O5S/c1-2-3-8-13(9-10-15)20(18,19)12-7-5-4-6-11(12)14(16)17/h4-7,10H,8-9H2,1H3. The molecule has 0 aromatic heterocycles. The number of rotatable bonds is 6. The first-order valence-corrected chi connectivity index (χ1v) is 6.96. The summed E-state index contributed by atoms with van der Waals surface area (Å²) in [6, 6.07) is 4.97. The molecule has 0 atom stereocenters. The number of aldehydes is 1.